The van der Waals surface area contributed by atoms with Gasteiger partial charge in [-0.3, -0.25) is 4.90 Å². The third-order valence-electron chi connectivity index (χ3n) is 3.43. The van der Waals surface area contributed by atoms with E-state index in [9.17, 15) is 34.8 Å². The molecule has 5 nitrogen and oxygen atoms in total. The summed E-state index contributed by atoms with van der Waals surface area (Å²) in [5.74, 6) is -0.568. The highest BCUT2D eigenvalue weighted by molar-refractivity contribution is 7.89. The maximum Gasteiger partial charge on any atom is 0.573 e. The molecule has 25 heavy (non-hydrogen) atoms. The first-order chi connectivity index (χ1) is 11.4. The summed E-state index contributed by atoms with van der Waals surface area (Å²) in [5, 5.41) is 0. The molecular formula is C13H14F6N2O3S. The maximum atomic E-state index is 12.4. The van der Waals surface area contributed by atoms with Crippen molar-refractivity contribution >= 4 is 10.0 Å². The van der Waals surface area contributed by atoms with Gasteiger partial charge in [0, 0.05) is 26.2 Å². The van der Waals surface area contributed by atoms with Crippen LogP contribution in [-0.4, -0.2) is 62.9 Å². The predicted molar refractivity (Wildman–Crippen MR) is 74.4 cm³/mol. The van der Waals surface area contributed by atoms with E-state index in [0.29, 0.717) is 0 Å². The van der Waals surface area contributed by atoms with Crippen LogP contribution in [0.4, 0.5) is 26.3 Å². The maximum absolute atomic E-state index is 12.4. The van der Waals surface area contributed by atoms with Crippen LogP contribution >= 0.6 is 0 Å². The minimum absolute atomic E-state index is 0.0893. The average Bonchev–Trinajstić information content (AvgIpc) is 2.45. The fourth-order valence-electron chi connectivity index (χ4n) is 2.34. The first-order valence-electron chi connectivity index (χ1n) is 7.02. The van der Waals surface area contributed by atoms with Gasteiger partial charge in [-0.15, -0.1) is 13.2 Å². The summed E-state index contributed by atoms with van der Waals surface area (Å²) >= 11 is 0. The van der Waals surface area contributed by atoms with E-state index < -0.39 is 34.9 Å². The molecule has 1 aliphatic rings. The lowest BCUT2D eigenvalue weighted by molar-refractivity contribution is -0.274. The van der Waals surface area contributed by atoms with Crippen molar-refractivity contribution in [2.45, 2.75) is 17.4 Å². The van der Waals surface area contributed by atoms with E-state index in [1.165, 1.54) is 0 Å². The number of halogens is 6. The summed E-state index contributed by atoms with van der Waals surface area (Å²) in [5.41, 5.74) is 0. The highest BCUT2D eigenvalue weighted by atomic mass is 32.2. The Morgan fingerprint density at radius 2 is 1.44 bits per heavy atom. The molecule has 0 N–H and O–H groups in total. The largest absolute Gasteiger partial charge is 0.573 e. The molecule has 12 heteroatoms. The number of nitrogens with zero attached hydrogens (tertiary/aromatic N) is 2. The third-order valence-corrected chi connectivity index (χ3v) is 5.34. The van der Waals surface area contributed by atoms with E-state index in [2.05, 4.69) is 4.74 Å². The van der Waals surface area contributed by atoms with Crippen LogP contribution in [0.1, 0.15) is 0 Å². The zero-order valence-electron chi connectivity index (χ0n) is 12.6. The summed E-state index contributed by atoms with van der Waals surface area (Å²) in [6, 6.07) is 3.64. The van der Waals surface area contributed by atoms with Gasteiger partial charge >= 0.3 is 12.5 Å². The normalized spacial score (nSPS) is 18.3. The van der Waals surface area contributed by atoms with E-state index >= 15 is 0 Å². The Labute approximate surface area is 139 Å². The fourth-order valence-corrected chi connectivity index (χ4v) is 3.77. The summed E-state index contributed by atoms with van der Waals surface area (Å²) in [6.45, 7) is -1.58. The molecule has 1 aromatic rings. The molecule has 1 heterocycles. The summed E-state index contributed by atoms with van der Waals surface area (Å²) in [6.07, 6.45) is -9.26. The minimum atomic E-state index is -4.89. The molecule has 0 aliphatic carbocycles. The zero-order chi connectivity index (χ0) is 18.9. The van der Waals surface area contributed by atoms with E-state index in [0.717, 1.165) is 33.5 Å². The Morgan fingerprint density at radius 1 is 0.920 bits per heavy atom. The molecule has 0 atom stereocenters. The molecule has 0 radical (unpaired) electrons. The van der Waals surface area contributed by atoms with Gasteiger partial charge < -0.3 is 4.74 Å². The number of rotatable bonds is 4. The monoisotopic (exact) mass is 392 g/mol. The topological polar surface area (TPSA) is 49.9 Å². The van der Waals surface area contributed by atoms with Crippen LogP contribution < -0.4 is 4.74 Å². The SMILES string of the molecule is O=S(=O)(c1ccc(OC(F)(F)F)cc1)N1CCN(CC(F)(F)F)CC1. The van der Waals surface area contributed by atoms with Gasteiger partial charge in [0.2, 0.25) is 10.0 Å². The highest BCUT2D eigenvalue weighted by Gasteiger charge is 2.35. The second-order valence-electron chi connectivity index (χ2n) is 5.31. The van der Waals surface area contributed by atoms with E-state index in [4.69, 9.17) is 0 Å². The molecule has 0 unspecified atom stereocenters. The number of hydrogen-bond donors (Lipinski definition) is 0. The zero-order valence-corrected chi connectivity index (χ0v) is 13.5. The minimum Gasteiger partial charge on any atom is -0.406 e. The van der Waals surface area contributed by atoms with Crippen LogP contribution in [0.15, 0.2) is 29.2 Å². The van der Waals surface area contributed by atoms with E-state index in [1.54, 1.807) is 0 Å². The standard InChI is InChI=1S/C13H14F6N2O3S/c14-12(15,16)9-20-5-7-21(8-6-20)25(22,23)11-3-1-10(2-4-11)24-13(17,18)19/h1-4H,5-9H2. The van der Waals surface area contributed by atoms with Gasteiger partial charge in [-0.25, -0.2) is 8.42 Å². The van der Waals surface area contributed by atoms with Crippen molar-refractivity contribution in [3.05, 3.63) is 24.3 Å². The van der Waals surface area contributed by atoms with Gasteiger partial charge in [0.15, 0.2) is 0 Å². The van der Waals surface area contributed by atoms with Gasteiger partial charge in [0.05, 0.1) is 11.4 Å². The second kappa shape index (κ2) is 7.00. The molecule has 1 saturated heterocycles. The van der Waals surface area contributed by atoms with Crippen molar-refractivity contribution in [2.75, 3.05) is 32.7 Å². The van der Waals surface area contributed by atoms with Crippen molar-refractivity contribution in [3.63, 3.8) is 0 Å². The van der Waals surface area contributed by atoms with Gasteiger partial charge in [-0.1, -0.05) is 0 Å². The molecule has 1 aromatic carbocycles. The Morgan fingerprint density at radius 3 is 1.88 bits per heavy atom. The van der Waals surface area contributed by atoms with E-state index in [1.807, 2.05) is 0 Å². The van der Waals surface area contributed by atoms with E-state index in [-0.39, 0.29) is 31.1 Å². The second-order valence-corrected chi connectivity index (χ2v) is 7.25. The van der Waals surface area contributed by atoms with Crippen molar-refractivity contribution in [1.82, 2.24) is 9.21 Å². The molecule has 142 valence electrons. The Balaban J connectivity index is 2.02. The van der Waals surface area contributed by atoms with Crippen molar-refractivity contribution in [1.29, 1.82) is 0 Å². The molecule has 1 fully saturated rings. The summed E-state index contributed by atoms with van der Waals surface area (Å²) in [4.78, 5) is 0.832. The van der Waals surface area contributed by atoms with Crippen LogP contribution in [0.2, 0.25) is 0 Å². The molecule has 2 rings (SSSR count). The lowest BCUT2D eigenvalue weighted by Crippen LogP contribution is -2.50. The molecular weight excluding hydrogens is 378 g/mol. The number of piperazine rings is 1. The van der Waals surface area contributed by atoms with Crippen molar-refractivity contribution < 1.29 is 39.5 Å². The summed E-state index contributed by atoms with van der Waals surface area (Å²) in [7, 11) is -4.00. The molecule has 0 bridgehead atoms. The number of benzene rings is 1. The van der Waals surface area contributed by atoms with Crippen LogP contribution in [0.25, 0.3) is 0 Å². The first-order valence-corrected chi connectivity index (χ1v) is 8.46. The molecule has 0 amide bonds. The smallest absolute Gasteiger partial charge is 0.406 e. The summed E-state index contributed by atoms with van der Waals surface area (Å²) < 4.78 is 103. The highest BCUT2D eigenvalue weighted by Crippen LogP contribution is 2.26. The third kappa shape index (κ3) is 5.75. The lowest BCUT2D eigenvalue weighted by Gasteiger charge is -2.34. The Hall–Kier alpha value is -1.53. The Bertz CT molecular complexity index is 679. The van der Waals surface area contributed by atoms with Crippen LogP contribution in [0.3, 0.4) is 0 Å². The molecule has 0 spiro atoms. The molecule has 0 saturated carbocycles. The number of ether oxygens (including phenoxy) is 1. The number of hydrogen-bond acceptors (Lipinski definition) is 4. The Kier molecular flexibility index (Phi) is 5.54. The molecule has 1 aliphatic heterocycles. The van der Waals surface area contributed by atoms with Gasteiger partial charge in [0.25, 0.3) is 0 Å². The average molecular weight is 392 g/mol. The van der Waals surface area contributed by atoms with Gasteiger partial charge in [-0.05, 0) is 24.3 Å². The van der Waals surface area contributed by atoms with Crippen molar-refractivity contribution in [3.8, 4) is 5.75 Å². The molecule has 0 aromatic heterocycles. The van der Waals surface area contributed by atoms with Crippen LogP contribution in [-0.2, 0) is 10.0 Å². The van der Waals surface area contributed by atoms with Crippen molar-refractivity contribution in [2.24, 2.45) is 0 Å². The number of sulfonamides is 1. The lowest BCUT2D eigenvalue weighted by atomic mass is 10.3. The van der Waals surface area contributed by atoms with Crippen LogP contribution in [0, 0.1) is 0 Å². The number of alkyl halides is 6. The first kappa shape index (κ1) is 19.8. The quantitative estimate of drug-likeness (QED) is 0.739. The van der Waals surface area contributed by atoms with Crippen LogP contribution in [0.5, 0.6) is 5.75 Å². The fraction of sp³-hybridized carbons (Fsp3) is 0.538. The van der Waals surface area contributed by atoms with Gasteiger partial charge in [0.1, 0.15) is 5.75 Å². The predicted octanol–water partition coefficient (Wildman–Crippen LogP) is 2.45. The van der Waals surface area contributed by atoms with Gasteiger partial charge in [-0.2, -0.15) is 17.5 Å².